The zero-order valence-corrected chi connectivity index (χ0v) is 24.8. The van der Waals surface area contributed by atoms with Gasteiger partial charge in [-0.15, -0.1) is 0 Å². The average molecular weight is 603 g/mol. The van der Waals surface area contributed by atoms with Gasteiger partial charge in [0.05, 0.1) is 10.6 Å². The van der Waals surface area contributed by atoms with Gasteiger partial charge >= 0.3 is 0 Å². The van der Waals surface area contributed by atoms with Gasteiger partial charge in [0.1, 0.15) is 12.6 Å². The molecule has 0 aliphatic heterocycles. The van der Waals surface area contributed by atoms with Crippen LogP contribution in [-0.2, 0) is 26.2 Å². The average Bonchev–Trinajstić information content (AvgIpc) is 3.44. The minimum atomic E-state index is -4.14. The largest absolute Gasteiger partial charge is 0.352 e. The van der Waals surface area contributed by atoms with Crippen LogP contribution in [-0.4, -0.2) is 43.8 Å². The number of aryl methyl sites for hydroxylation is 1. The molecule has 3 aromatic rings. The first kappa shape index (κ1) is 29.9. The van der Waals surface area contributed by atoms with Gasteiger partial charge in [0.25, 0.3) is 10.0 Å². The van der Waals surface area contributed by atoms with E-state index in [4.69, 9.17) is 23.2 Å². The highest BCUT2D eigenvalue weighted by Gasteiger charge is 2.33. The van der Waals surface area contributed by atoms with Crippen molar-refractivity contribution in [1.29, 1.82) is 0 Å². The van der Waals surface area contributed by atoms with E-state index in [9.17, 15) is 18.0 Å². The number of anilines is 1. The van der Waals surface area contributed by atoms with Gasteiger partial charge in [-0.05, 0) is 80.3 Å². The molecule has 1 fully saturated rings. The highest BCUT2D eigenvalue weighted by Crippen LogP contribution is 2.29. The highest BCUT2D eigenvalue weighted by atomic mass is 35.5. The van der Waals surface area contributed by atoms with Crippen LogP contribution in [0, 0.1) is 6.92 Å². The number of sulfonamides is 1. The Bertz CT molecular complexity index is 1460. The normalized spacial score (nSPS) is 14.5. The van der Waals surface area contributed by atoms with Crippen LogP contribution in [0.5, 0.6) is 0 Å². The second-order valence-electron chi connectivity index (χ2n) is 10.1. The fourth-order valence-electron chi connectivity index (χ4n) is 4.94. The Morgan fingerprint density at radius 1 is 0.950 bits per heavy atom. The molecule has 40 heavy (non-hydrogen) atoms. The van der Waals surface area contributed by atoms with E-state index in [1.807, 2.05) is 6.07 Å². The van der Waals surface area contributed by atoms with Gasteiger partial charge in [0.15, 0.2) is 0 Å². The molecule has 1 N–H and O–H groups in total. The van der Waals surface area contributed by atoms with Gasteiger partial charge in [0, 0.05) is 22.6 Å². The summed E-state index contributed by atoms with van der Waals surface area (Å²) in [6.07, 6.45) is 3.91. The van der Waals surface area contributed by atoms with Crippen molar-refractivity contribution in [3.05, 3.63) is 94.0 Å². The Morgan fingerprint density at radius 3 is 2.27 bits per heavy atom. The van der Waals surface area contributed by atoms with Crippen LogP contribution in [0.25, 0.3) is 0 Å². The van der Waals surface area contributed by atoms with Gasteiger partial charge < -0.3 is 10.2 Å². The fraction of sp³-hybridized carbons (Fsp3) is 0.333. The molecule has 3 aromatic carbocycles. The third kappa shape index (κ3) is 7.16. The Labute approximate surface area is 246 Å². The lowest BCUT2D eigenvalue weighted by Crippen LogP contribution is -2.52. The van der Waals surface area contributed by atoms with Crippen molar-refractivity contribution in [1.82, 2.24) is 10.2 Å². The summed E-state index contributed by atoms with van der Waals surface area (Å²) < 4.78 is 28.9. The van der Waals surface area contributed by atoms with Crippen LogP contribution in [0.2, 0.25) is 10.0 Å². The van der Waals surface area contributed by atoms with E-state index < -0.39 is 28.5 Å². The van der Waals surface area contributed by atoms with Crippen molar-refractivity contribution < 1.29 is 18.0 Å². The molecule has 0 radical (unpaired) electrons. The lowest BCUT2D eigenvalue weighted by molar-refractivity contribution is -0.139. The highest BCUT2D eigenvalue weighted by molar-refractivity contribution is 7.92. The number of carbonyl (C=O) groups is 2. The minimum absolute atomic E-state index is 0.0468. The van der Waals surface area contributed by atoms with Crippen molar-refractivity contribution in [3.63, 3.8) is 0 Å². The quantitative estimate of drug-likeness (QED) is 0.310. The maximum Gasteiger partial charge on any atom is 0.264 e. The Balaban J connectivity index is 1.70. The molecule has 2 amide bonds. The summed E-state index contributed by atoms with van der Waals surface area (Å²) in [6.45, 7) is 2.97. The molecule has 1 saturated carbocycles. The monoisotopic (exact) mass is 601 g/mol. The standard InChI is InChI=1S/C30H33Cl2N3O4S/c1-21-17-25(32)15-16-28(21)35(40(38,39)27-13-4-3-5-14-27)20-29(36)34(19-23-9-8-10-24(31)18-23)22(2)30(37)33-26-11-6-7-12-26/h3-5,8-10,13-18,22,26H,6-7,11-12,19-20H2,1-2H3,(H,33,37)/t22-/m0/s1. The molecule has 212 valence electrons. The van der Waals surface area contributed by atoms with Crippen LogP contribution in [0.4, 0.5) is 5.69 Å². The van der Waals surface area contributed by atoms with Crippen LogP contribution >= 0.6 is 23.2 Å². The lowest BCUT2D eigenvalue weighted by atomic mass is 10.1. The van der Waals surface area contributed by atoms with E-state index in [-0.39, 0.29) is 23.4 Å². The molecule has 1 atom stereocenters. The number of carbonyl (C=O) groups excluding carboxylic acids is 2. The molecule has 1 aliphatic carbocycles. The van der Waals surface area contributed by atoms with Gasteiger partial charge in [-0.25, -0.2) is 8.42 Å². The number of benzene rings is 3. The van der Waals surface area contributed by atoms with Gasteiger partial charge in [-0.1, -0.05) is 66.4 Å². The molecule has 0 unspecified atom stereocenters. The number of rotatable bonds is 10. The first-order valence-electron chi connectivity index (χ1n) is 13.2. The summed E-state index contributed by atoms with van der Waals surface area (Å²) in [5.41, 5.74) is 1.64. The lowest BCUT2D eigenvalue weighted by Gasteiger charge is -2.33. The number of nitrogens with zero attached hydrogens (tertiary/aromatic N) is 2. The van der Waals surface area contributed by atoms with Crippen LogP contribution in [0.3, 0.4) is 0 Å². The molecule has 0 bridgehead atoms. The Hall–Kier alpha value is -3.07. The topological polar surface area (TPSA) is 86.8 Å². The molecule has 0 saturated heterocycles. The third-order valence-corrected chi connectivity index (χ3v) is 9.39. The fourth-order valence-corrected chi connectivity index (χ4v) is 6.88. The van der Waals surface area contributed by atoms with Crippen molar-refractivity contribution in [2.24, 2.45) is 0 Å². The van der Waals surface area contributed by atoms with E-state index >= 15 is 0 Å². The molecule has 0 spiro atoms. The SMILES string of the molecule is Cc1cc(Cl)ccc1N(CC(=O)N(Cc1cccc(Cl)c1)[C@@H](C)C(=O)NC1CCCC1)S(=O)(=O)c1ccccc1. The molecule has 1 aliphatic rings. The summed E-state index contributed by atoms with van der Waals surface area (Å²) in [5.74, 6) is -0.801. The van der Waals surface area contributed by atoms with E-state index in [1.165, 1.54) is 17.0 Å². The number of hydrogen-bond acceptors (Lipinski definition) is 4. The summed E-state index contributed by atoms with van der Waals surface area (Å²) >= 11 is 12.4. The van der Waals surface area contributed by atoms with E-state index in [0.29, 0.717) is 21.3 Å². The van der Waals surface area contributed by atoms with Crippen LogP contribution in [0.15, 0.2) is 77.7 Å². The third-order valence-electron chi connectivity index (χ3n) is 7.15. The number of nitrogens with one attached hydrogen (secondary N) is 1. The first-order valence-corrected chi connectivity index (χ1v) is 15.4. The molecular weight excluding hydrogens is 569 g/mol. The van der Waals surface area contributed by atoms with Crippen molar-refractivity contribution >= 4 is 50.7 Å². The number of amides is 2. The van der Waals surface area contributed by atoms with E-state index in [1.54, 1.807) is 68.4 Å². The second-order valence-corrected chi connectivity index (χ2v) is 12.8. The smallest absolute Gasteiger partial charge is 0.264 e. The number of hydrogen-bond donors (Lipinski definition) is 1. The molecule has 7 nitrogen and oxygen atoms in total. The molecule has 0 aromatic heterocycles. The zero-order valence-electron chi connectivity index (χ0n) is 22.5. The predicted molar refractivity (Wildman–Crippen MR) is 159 cm³/mol. The zero-order chi connectivity index (χ0) is 28.9. The van der Waals surface area contributed by atoms with Crippen molar-refractivity contribution in [2.75, 3.05) is 10.8 Å². The maximum absolute atomic E-state index is 14.0. The molecule has 0 heterocycles. The van der Waals surface area contributed by atoms with Crippen LogP contribution in [0.1, 0.15) is 43.7 Å². The van der Waals surface area contributed by atoms with E-state index in [2.05, 4.69) is 5.32 Å². The summed E-state index contributed by atoms with van der Waals surface area (Å²) in [4.78, 5) is 28.8. The summed E-state index contributed by atoms with van der Waals surface area (Å²) in [6, 6.07) is 19.0. The second kappa shape index (κ2) is 13.1. The molecule has 10 heteroatoms. The Kier molecular flexibility index (Phi) is 9.77. The minimum Gasteiger partial charge on any atom is -0.352 e. The Morgan fingerprint density at radius 2 is 1.62 bits per heavy atom. The van der Waals surface area contributed by atoms with E-state index in [0.717, 1.165) is 35.6 Å². The maximum atomic E-state index is 14.0. The van der Waals surface area contributed by atoms with Gasteiger partial charge in [0.2, 0.25) is 11.8 Å². The van der Waals surface area contributed by atoms with Gasteiger partial charge in [-0.3, -0.25) is 13.9 Å². The van der Waals surface area contributed by atoms with Gasteiger partial charge in [-0.2, -0.15) is 0 Å². The molecule has 4 rings (SSSR count). The van der Waals surface area contributed by atoms with Crippen molar-refractivity contribution in [3.8, 4) is 0 Å². The summed E-state index contributed by atoms with van der Waals surface area (Å²) in [5, 5.41) is 4.01. The molecular formula is C30H33Cl2N3O4S. The predicted octanol–water partition coefficient (Wildman–Crippen LogP) is 5.97. The number of halogens is 2. The van der Waals surface area contributed by atoms with Crippen LogP contribution < -0.4 is 9.62 Å². The first-order chi connectivity index (χ1) is 19.1. The van der Waals surface area contributed by atoms with Crippen molar-refractivity contribution in [2.45, 2.75) is 63.1 Å². The summed E-state index contributed by atoms with van der Waals surface area (Å²) in [7, 11) is -4.14.